The Kier molecular flexibility index (Phi) is 4.13. The zero-order chi connectivity index (χ0) is 11.4. The molecule has 1 unspecified atom stereocenters. The first-order chi connectivity index (χ1) is 7.74. The second kappa shape index (κ2) is 5.60. The Balaban J connectivity index is 2.08. The summed E-state index contributed by atoms with van der Waals surface area (Å²) >= 11 is 3.42. The number of aliphatic hydroxyl groups excluding tert-OH is 1. The van der Waals surface area contributed by atoms with E-state index in [1.807, 2.05) is 12.3 Å². The van der Waals surface area contributed by atoms with Crippen molar-refractivity contribution in [2.45, 2.75) is 38.2 Å². The summed E-state index contributed by atoms with van der Waals surface area (Å²) in [5.41, 5.74) is 2.54. The molecule has 0 amide bonds. The minimum atomic E-state index is -0.252. The summed E-state index contributed by atoms with van der Waals surface area (Å²) in [6.07, 6.45) is 10.7. The number of rotatable bonds is 2. The molecule has 0 aromatic carbocycles. The van der Waals surface area contributed by atoms with Crippen LogP contribution in [0, 0.1) is 0 Å². The number of aliphatic hydroxyl groups is 1. The highest BCUT2D eigenvalue weighted by Crippen LogP contribution is 2.21. The molecular formula is C13H16BrNO. The average Bonchev–Trinajstić information content (AvgIpc) is 2.43. The van der Waals surface area contributed by atoms with Gasteiger partial charge in [0.1, 0.15) is 0 Å². The van der Waals surface area contributed by atoms with E-state index in [1.54, 1.807) is 6.20 Å². The molecule has 0 saturated heterocycles. The molecule has 2 nitrogen and oxygen atoms in total. The first kappa shape index (κ1) is 11.8. The van der Waals surface area contributed by atoms with Gasteiger partial charge in [0.2, 0.25) is 0 Å². The predicted octanol–water partition coefficient (Wildman–Crippen LogP) is 3.25. The van der Waals surface area contributed by atoms with E-state index in [2.05, 4.69) is 27.0 Å². The lowest BCUT2D eigenvalue weighted by Crippen LogP contribution is -2.01. The second-order valence-corrected chi connectivity index (χ2v) is 5.24. The molecule has 0 radical (unpaired) electrons. The number of allylic oxidation sites excluding steroid dienone is 1. The monoisotopic (exact) mass is 281 g/mol. The third-order valence-corrected chi connectivity index (χ3v) is 3.30. The molecule has 1 aliphatic rings. The zero-order valence-electron chi connectivity index (χ0n) is 9.19. The van der Waals surface area contributed by atoms with E-state index in [0.29, 0.717) is 0 Å². The van der Waals surface area contributed by atoms with Gasteiger partial charge in [-0.2, -0.15) is 0 Å². The Bertz CT molecular complexity index is 389. The Hall–Kier alpha value is -0.670. The maximum Gasteiger partial charge on any atom is 0.0723 e. The van der Waals surface area contributed by atoms with Gasteiger partial charge in [0.05, 0.1) is 6.10 Å². The van der Waals surface area contributed by atoms with Crippen LogP contribution < -0.4 is 0 Å². The molecule has 1 atom stereocenters. The third-order valence-electron chi connectivity index (χ3n) is 2.87. The van der Waals surface area contributed by atoms with Crippen LogP contribution >= 0.6 is 15.9 Å². The molecule has 0 fully saturated rings. The Morgan fingerprint density at radius 3 is 3.06 bits per heavy atom. The molecule has 1 aromatic heterocycles. The fourth-order valence-corrected chi connectivity index (χ4v) is 2.52. The first-order valence-electron chi connectivity index (χ1n) is 5.71. The molecule has 0 aliphatic heterocycles. The van der Waals surface area contributed by atoms with E-state index >= 15 is 0 Å². The standard InChI is InChI=1S/C13H16BrNO/c14-12-6-11(8-15-9-12)5-10-3-1-2-4-13(16)7-10/h6-9,13,16H,1-5H2. The van der Waals surface area contributed by atoms with Crippen LogP contribution in [0.25, 0.3) is 0 Å². The molecule has 0 spiro atoms. The average molecular weight is 282 g/mol. The van der Waals surface area contributed by atoms with Crippen molar-refractivity contribution in [1.29, 1.82) is 0 Å². The van der Waals surface area contributed by atoms with Crippen molar-refractivity contribution in [3.05, 3.63) is 40.1 Å². The summed E-state index contributed by atoms with van der Waals surface area (Å²) in [6.45, 7) is 0. The van der Waals surface area contributed by atoms with E-state index in [1.165, 1.54) is 17.6 Å². The normalized spacial score (nSPS) is 21.4. The Morgan fingerprint density at radius 2 is 2.25 bits per heavy atom. The Morgan fingerprint density at radius 1 is 1.38 bits per heavy atom. The number of pyridine rings is 1. The highest BCUT2D eigenvalue weighted by atomic mass is 79.9. The lowest BCUT2D eigenvalue weighted by atomic mass is 10.0. The first-order valence-corrected chi connectivity index (χ1v) is 6.50. The summed E-state index contributed by atoms with van der Waals surface area (Å²) in [4.78, 5) is 4.16. The molecule has 16 heavy (non-hydrogen) atoms. The van der Waals surface area contributed by atoms with Crippen molar-refractivity contribution in [3.8, 4) is 0 Å². The zero-order valence-corrected chi connectivity index (χ0v) is 10.8. The maximum atomic E-state index is 9.69. The van der Waals surface area contributed by atoms with Crippen molar-refractivity contribution in [1.82, 2.24) is 4.98 Å². The van der Waals surface area contributed by atoms with Crippen LogP contribution in [0.15, 0.2) is 34.6 Å². The molecule has 3 heteroatoms. The highest BCUT2D eigenvalue weighted by molar-refractivity contribution is 9.10. The van der Waals surface area contributed by atoms with E-state index < -0.39 is 0 Å². The van der Waals surface area contributed by atoms with Crippen LogP contribution in [0.4, 0.5) is 0 Å². The molecule has 0 saturated carbocycles. The van der Waals surface area contributed by atoms with Crippen LogP contribution in [-0.4, -0.2) is 16.2 Å². The number of hydrogen-bond acceptors (Lipinski definition) is 2. The van der Waals surface area contributed by atoms with Gasteiger partial charge in [-0.1, -0.05) is 18.1 Å². The molecule has 0 bridgehead atoms. The number of nitrogens with zero attached hydrogens (tertiary/aromatic N) is 1. The van der Waals surface area contributed by atoms with Gasteiger partial charge in [-0.3, -0.25) is 4.98 Å². The summed E-state index contributed by atoms with van der Waals surface area (Å²) < 4.78 is 1.01. The molecule has 1 heterocycles. The number of halogens is 1. The number of aromatic nitrogens is 1. The van der Waals surface area contributed by atoms with Gasteiger partial charge in [-0.25, -0.2) is 0 Å². The van der Waals surface area contributed by atoms with Gasteiger partial charge in [0.25, 0.3) is 0 Å². The smallest absolute Gasteiger partial charge is 0.0723 e. The fourth-order valence-electron chi connectivity index (χ4n) is 2.11. The molecule has 2 rings (SSSR count). The van der Waals surface area contributed by atoms with E-state index in [-0.39, 0.29) is 6.10 Å². The van der Waals surface area contributed by atoms with Crippen LogP contribution in [0.1, 0.15) is 31.2 Å². The SMILES string of the molecule is OC1C=C(Cc2cncc(Br)c2)CCCC1. The summed E-state index contributed by atoms with van der Waals surface area (Å²) in [6, 6.07) is 2.09. The van der Waals surface area contributed by atoms with Crippen molar-refractivity contribution < 1.29 is 5.11 Å². The van der Waals surface area contributed by atoms with Gasteiger partial charge in [0, 0.05) is 16.9 Å². The van der Waals surface area contributed by atoms with Crippen molar-refractivity contribution in [2.24, 2.45) is 0 Å². The Labute approximate surface area is 105 Å². The van der Waals surface area contributed by atoms with E-state index in [4.69, 9.17) is 0 Å². The van der Waals surface area contributed by atoms with Crippen molar-refractivity contribution in [3.63, 3.8) is 0 Å². The van der Waals surface area contributed by atoms with Crippen LogP contribution in [-0.2, 0) is 6.42 Å². The third kappa shape index (κ3) is 3.42. The molecule has 86 valence electrons. The molecule has 1 aromatic rings. The summed E-state index contributed by atoms with van der Waals surface area (Å²) in [5.74, 6) is 0. The maximum absolute atomic E-state index is 9.69. The predicted molar refractivity (Wildman–Crippen MR) is 68.2 cm³/mol. The van der Waals surface area contributed by atoms with Gasteiger partial charge < -0.3 is 5.11 Å². The van der Waals surface area contributed by atoms with Gasteiger partial charge >= 0.3 is 0 Å². The minimum Gasteiger partial charge on any atom is -0.389 e. The molecular weight excluding hydrogens is 266 g/mol. The van der Waals surface area contributed by atoms with Gasteiger partial charge in [-0.05, 0) is 53.2 Å². The topological polar surface area (TPSA) is 33.1 Å². The van der Waals surface area contributed by atoms with Crippen LogP contribution in [0.3, 0.4) is 0 Å². The summed E-state index contributed by atoms with van der Waals surface area (Å²) in [7, 11) is 0. The van der Waals surface area contributed by atoms with Gasteiger partial charge in [-0.15, -0.1) is 0 Å². The lowest BCUT2D eigenvalue weighted by molar-refractivity contribution is 0.211. The van der Waals surface area contributed by atoms with Gasteiger partial charge in [0.15, 0.2) is 0 Å². The fraction of sp³-hybridized carbons (Fsp3) is 0.462. The minimum absolute atomic E-state index is 0.252. The quantitative estimate of drug-likeness (QED) is 0.845. The van der Waals surface area contributed by atoms with E-state index in [0.717, 1.165) is 30.2 Å². The van der Waals surface area contributed by atoms with Crippen molar-refractivity contribution in [2.75, 3.05) is 0 Å². The number of hydrogen-bond donors (Lipinski definition) is 1. The highest BCUT2D eigenvalue weighted by Gasteiger charge is 2.09. The lowest BCUT2D eigenvalue weighted by Gasteiger charge is -2.06. The van der Waals surface area contributed by atoms with Crippen LogP contribution in [0.2, 0.25) is 0 Å². The van der Waals surface area contributed by atoms with Crippen LogP contribution in [0.5, 0.6) is 0 Å². The second-order valence-electron chi connectivity index (χ2n) is 4.33. The molecule has 1 aliphatic carbocycles. The molecule has 1 N–H and O–H groups in total. The van der Waals surface area contributed by atoms with Crippen molar-refractivity contribution >= 4 is 15.9 Å². The summed E-state index contributed by atoms with van der Waals surface area (Å²) in [5, 5.41) is 9.69. The van der Waals surface area contributed by atoms with E-state index in [9.17, 15) is 5.11 Å². The largest absolute Gasteiger partial charge is 0.389 e.